The summed E-state index contributed by atoms with van der Waals surface area (Å²) in [4.78, 5) is 13.5. The number of allylic oxidation sites excluding steroid dienone is 1. The van der Waals surface area contributed by atoms with Crippen LogP contribution in [0.3, 0.4) is 0 Å². The fraction of sp³-hybridized carbons (Fsp3) is 0.219. The number of aryl methyl sites for hydroxylation is 1. The number of pyridine rings is 1. The number of nitrogens with zero attached hydrogens (tertiary/aromatic N) is 3. The van der Waals surface area contributed by atoms with Gasteiger partial charge in [0.25, 0.3) is 0 Å². The van der Waals surface area contributed by atoms with Crippen LogP contribution in [0.5, 0.6) is 0 Å². The van der Waals surface area contributed by atoms with Crippen molar-refractivity contribution in [2.24, 2.45) is 9.98 Å². The standard InChI is InChI=1S/C32H35N5/c1-24-20-29(16-19-35-24)27-12-10-25(11-13-27)23-37-32(34-3)22-31(36-18-7-6-17-33-2)30-15-14-26-8-4-5-9-28(26)21-30/h4-5,8-16,19-22,33,37H,3,6-7,17-18,23H2,1-2H3/b32-22+,36-31+. The van der Waals surface area contributed by atoms with Gasteiger partial charge in [-0.25, -0.2) is 4.99 Å². The first-order valence-electron chi connectivity index (χ1n) is 12.8. The van der Waals surface area contributed by atoms with E-state index in [0.29, 0.717) is 12.4 Å². The molecule has 0 bridgehead atoms. The zero-order chi connectivity index (χ0) is 25.9. The molecule has 37 heavy (non-hydrogen) atoms. The molecule has 0 spiro atoms. The van der Waals surface area contributed by atoms with Crippen molar-refractivity contribution < 1.29 is 0 Å². The first kappa shape index (κ1) is 26.0. The Bertz CT molecular complexity index is 1390. The number of nitrogens with one attached hydrogen (secondary N) is 2. The van der Waals surface area contributed by atoms with Gasteiger partial charge < -0.3 is 10.6 Å². The molecule has 188 valence electrons. The topological polar surface area (TPSA) is 61.7 Å². The third kappa shape index (κ3) is 7.45. The third-order valence-corrected chi connectivity index (χ3v) is 6.26. The first-order chi connectivity index (χ1) is 18.2. The molecule has 4 aromatic rings. The lowest BCUT2D eigenvalue weighted by Crippen LogP contribution is -2.13. The minimum Gasteiger partial charge on any atom is -0.366 e. The maximum atomic E-state index is 4.95. The quantitative estimate of drug-likeness (QED) is 0.181. The van der Waals surface area contributed by atoms with E-state index in [-0.39, 0.29) is 0 Å². The molecule has 0 atom stereocenters. The monoisotopic (exact) mass is 489 g/mol. The van der Waals surface area contributed by atoms with Gasteiger partial charge in [0.05, 0.1) is 5.71 Å². The third-order valence-electron chi connectivity index (χ3n) is 6.26. The molecule has 0 amide bonds. The predicted molar refractivity (Wildman–Crippen MR) is 157 cm³/mol. The van der Waals surface area contributed by atoms with E-state index in [1.165, 1.54) is 27.5 Å². The second kappa shape index (κ2) is 13.3. The average molecular weight is 490 g/mol. The summed E-state index contributed by atoms with van der Waals surface area (Å²) in [7, 11) is 1.98. The highest BCUT2D eigenvalue weighted by Gasteiger charge is 2.06. The molecule has 0 fully saturated rings. The Balaban J connectivity index is 1.51. The molecule has 1 aromatic heterocycles. The van der Waals surface area contributed by atoms with Crippen LogP contribution in [0.4, 0.5) is 0 Å². The fourth-order valence-corrected chi connectivity index (χ4v) is 4.20. The maximum absolute atomic E-state index is 4.95. The Morgan fingerprint density at radius 2 is 1.73 bits per heavy atom. The Kier molecular flexibility index (Phi) is 9.33. The lowest BCUT2D eigenvalue weighted by molar-refractivity contribution is 0.685. The van der Waals surface area contributed by atoms with Crippen molar-refractivity contribution in [2.45, 2.75) is 26.3 Å². The van der Waals surface area contributed by atoms with E-state index < -0.39 is 0 Å². The Morgan fingerprint density at radius 3 is 2.49 bits per heavy atom. The first-order valence-corrected chi connectivity index (χ1v) is 12.8. The van der Waals surface area contributed by atoms with Crippen molar-refractivity contribution in [1.82, 2.24) is 15.6 Å². The second-order valence-corrected chi connectivity index (χ2v) is 9.06. The van der Waals surface area contributed by atoms with E-state index in [4.69, 9.17) is 4.99 Å². The number of unbranched alkanes of at least 4 members (excludes halogenated alkanes) is 1. The number of hydrogen-bond donors (Lipinski definition) is 2. The Labute approximate surface area is 220 Å². The van der Waals surface area contributed by atoms with Crippen LogP contribution in [0.1, 0.15) is 29.7 Å². The average Bonchev–Trinajstić information content (AvgIpc) is 2.94. The maximum Gasteiger partial charge on any atom is 0.127 e. The molecule has 4 rings (SSSR count). The smallest absolute Gasteiger partial charge is 0.127 e. The molecular weight excluding hydrogens is 454 g/mol. The van der Waals surface area contributed by atoms with Crippen molar-refractivity contribution in [1.29, 1.82) is 0 Å². The van der Waals surface area contributed by atoms with Crippen LogP contribution in [0.2, 0.25) is 0 Å². The Morgan fingerprint density at radius 1 is 0.919 bits per heavy atom. The number of fused-ring (bicyclic) bond motifs is 1. The molecule has 1 heterocycles. The molecule has 0 saturated heterocycles. The minimum absolute atomic E-state index is 0.647. The summed E-state index contributed by atoms with van der Waals surface area (Å²) in [6.07, 6.45) is 5.97. The molecule has 2 N–H and O–H groups in total. The van der Waals surface area contributed by atoms with Crippen LogP contribution in [0.25, 0.3) is 21.9 Å². The number of benzene rings is 3. The van der Waals surface area contributed by atoms with Crippen LogP contribution in [-0.2, 0) is 6.54 Å². The molecule has 0 unspecified atom stereocenters. The van der Waals surface area contributed by atoms with Gasteiger partial charge in [0.2, 0.25) is 0 Å². The molecule has 0 aliphatic carbocycles. The van der Waals surface area contributed by atoms with Gasteiger partial charge in [-0.1, -0.05) is 60.7 Å². The zero-order valence-corrected chi connectivity index (χ0v) is 21.7. The van der Waals surface area contributed by atoms with Gasteiger partial charge in [0.1, 0.15) is 5.82 Å². The van der Waals surface area contributed by atoms with E-state index in [0.717, 1.165) is 42.9 Å². The Hall–Kier alpha value is -4.09. The van der Waals surface area contributed by atoms with Crippen LogP contribution < -0.4 is 10.6 Å². The number of aromatic nitrogens is 1. The van der Waals surface area contributed by atoms with Crippen molar-refractivity contribution in [3.63, 3.8) is 0 Å². The summed E-state index contributed by atoms with van der Waals surface area (Å²) in [5.74, 6) is 0.705. The van der Waals surface area contributed by atoms with Crippen molar-refractivity contribution in [2.75, 3.05) is 20.1 Å². The van der Waals surface area contributed by atoms with Crippen LogP contribution in [-0.4, -0.2) is 37.6 Å². The lowest BCUT2D eigenvalue weighted by atomic mass is 10.0. The minimum atomic E-state index is 0.647. The van der Waals surface area contributed by atoms with E-state index >= 15 is 0 Å². The van der Waals surface area contributed by atoms with Gasteiger partial charge in [0.15, 0.2) is 0 Å². The zero-order valence-electron chi connectivity index (χ0n) is 21.7. The van der Waals surface area contributed by atoms with Crippen LogP contribution in [0.15, 0.2) is 107 Å². The largest absolute Gasteiger partial charge is 0.366 e. The van der Waals surface area contributed by atoms with Crippen LogP contribution >= 0.6 is 0 Å². The molecule has 0 radical (unpaired) electrons. The second-order valence-electron chi connectivity index (χ2n) is 9.06. The number of aliphatic imine (C=N–C) groups is 2. The number of hydrogen-bond acceptors (Lipinski definition) is 5. The molecule has 5 nitrogen and oxygen atoms in total. The molecule has 0 saturated carbocycles. The van der Waals surface area contributed by atoms with Gasteiger partial charge in [-0.2, -0.15) is 0 Å². The van der Waals surface area contributed by atoms with E-state index in [1.54, 1.807) is 0 Å². The molecule has 0 aliphatic rings. The van der Waals surface area contributed by atoms with Crippen molar-refractivity contribution >= 4 is 23.2 Å². The van der Waals surface area contributed by atoms with E-state index in [2.05, 4.69) is 100 Å². The van der Waals surface area contributed by atoms with Gasteiger partial charge in [-0.15, -0.1) is 0 Å². The van der Waals surface area contributed by atoms with Crippen LogP contribution in [0, 0.1) is 6.92 Å². The predicted octanol–water partition coefficient (Wildman–Crippen LogP) is 6.33. The van der Waals surface area contributed by atoms with Crippen molar-refractivity contribution in [3.8, 4) is 11.1 Å². The summed E-state index contributed by atoms with van der Waals surface area (Å²) < 4.78 is 0. The summed E-state index contributed by atoms with van der Waals surface area (Å²) in [5.41, 5.74) is 6.52. The number of rotatable bonds is 12. The summed E-state index contributed by atoms with van der Waals surface area (Å²) in [6.45, 7) is 8.22. The molecule has 0 aliphatic heterocycles. The summed E-state index contributed by atoms with van der Waals surface area (Å²) in [6, 6.07) is 27.6. The molecular formula is C32H35N5. The van der Waals surface area contributed by atoms with Crippen molar-refractivity contribution in [3.05, 3.63) is 114 Å². The summed E-state index contributed by atoms with van der Waals surface area (Å²) in [5, 5.41) is 9.05. The van der Waals surface area contributed by atoms with Gasteiger partial charge >= 0.3 is 0 Å². The lowest BCUT2D eigenvalue weighted by Gasteiger charge is -2.10. The summed E-state index contributed by atoms with van der Waals surface area (Å²) >= 11 is 0. The SMILES string of the molecule is C=N/C(=C\C(=N/CCCCNC)c1ccc2ccccc2c1)NCc1ccc(-c2ccnc(C)c2)cc1. The highest BCUT2D eigenvalue weighted by molar-refractivity contribution is 6.10. The highest BCUT2D eigenvalue weighted by Crippen LogP contribution is 2.20. The van der Waals surface area contributed by atoms with Gasteiger partial charge in [0, 0.05) is 36.6 Å². The van der Waals surface area contributed by atoms with Gasteiger partial charge in [-0.05, 0) is 85.7 Å². The fourth-order valence-electron chi connectivity index (χ4n) is 4.20. The van der Waals surface area contributed by atoms with E-state index in [1.807, 2.05) is 32.3 Å². The highest BCUT2D eigenvalue weighted by atomic mass is 15.0. The molecule has 5 heteroatoms. The normalized spacial score (nSPS) is 12.1. The van der Waals surface area contributed by atoms with Gasteiger partial charge in [-0.3, -0.25) is 9.98 Å². The molecule has 3 aromatic carbocycles. The van der Waals surface area contributed by atoms with E-state index in [9.17, 15) is 0 Å².